The quantitative estimate of drug-likeness (QED) is 0.810. The number of imidazole rings is 1. The minimum absolute atomic E-state index is 0.151. The van der Waals surface area contributed by atoms with Gasteiger partial charge in [0.15, 0.2) is 0 Å². The first-order chi connectivity index (χ1) is 8.24. The molecule has 1 fully saturated rings. The maximum absolute atomic E-state index is 5.95. The third-order valence-electron chi connectivity index (χ3n) is 3.28. The molecule has 17 heavy (non-hydrogen) atoms. The van der Waals surface area contributed by atoms with Crippen molar-refractivity contribution >= 4 is 11.0 Å². The van der Waals surface area contributed by atoms with E-state index in [-0.39, 0.29) is 12.2 Å². The number of hydrogen-bond donors (Lipinski definition) is 1. The lowest BCUT2D eigenvalue weighted by atomic mass is 10.1. The Hall–Kier alpha value is -1.39. The number of hydrogen-bond acceptors (Lipinski definition) is 3. The fraction of sp³-hybridized carbons (Fsp3) is 0.462. The molecular formula is C13H17N3O. The van der Waals surface area contributed by atoms with Crippen molar-refractivity contribution in [3.05, 3.63) is 30.1 Å². The second-order valence-corrected chi connectivity index (χ2v) is 4.70. The van der Waals surface area contributed by atoms with Crippen LogP contribution in [-0.2, 0) is 11.8 Å². The van der Waals surface area contributed by atoms with Crippen molar-refractivity contribution in [3.63, 3.8) is 0 Å². The molecule has 4 heteroatoms. The molecule has 1 N–H and O–H groups in total. The molecule has 0 amide bonds. The summed E-state index contributed by atoms with van der Waals surface area (Å²) in [6, 6.07) is 6.35. The predicted octanol–water partition coefficient (Wildman–Crippen LogP) is 1.62. The number of benzene rings is 1. The first-order valence-corrected chi connectivity index (χ1v) is 6.01. The van der Waals surface area contributed by atoms with Crippen LogP contribution < -0.4 is 5.32 Å². The molecule has 90 valence electrons. The molecule has 1 aromatic heterocycles. The van der Waals surface area contributed by atoms with Gasteiger partial charge in [-0.25, -0.2) is 4.98 Å². The average Bonchev–Trinajstić information content (AvgIpc) is 2.71. The molecule has 3 rings (SSSR count). The van der Waals surface area contributed by atoms with Gasteiger partial charge in [0, 0.05) is 20.1 Å². The van der Waals surface area contributed by atoms with E-state index in [2.05, 4.69) is 35.4 Å². The predicted molar refractivity (Wildman–Crippen MR) is 66.9 cm³/mol. The maximum Gasteiger partial charge on any atom is 0.0955 e. The Labute approximate surface area is 101 Å². The lowest BCUT2D eigenvalue weighted by Crippen LogP contribution is -2.38. The van der Waals surface area contributed by atoms with Gasteiger partial charge in [0.1, 0.15) is 0 Å². The Morgan fingerprint density at radius 3 is 3.12 bits per heavy atom. The van der Waals surface area contributed by atoms with Gasteiger partial charge in [-0.05, 0) is 24.6 Å². The van der Waals surface area contributed by atoms with Crippen LogP contribution in [0.5, 0.6) is 0 Å². The number of nitrogens with zero attached hydrogens (tertiary/aromatic N) is 2. The zero-order valence-electron chi connectivity index (χ0n) is 10.2. The lowest BCUT2D eigenvalue weighted by Gasteiger charge is -2.29. The zero-order valence-corrected chi connectivity index (χ0v) is 10.2. The van der Waals surface area contributed by atoms with Crippen LogP contribution in [0.25, 0.3) is 11.0 Å². The van der Waals surface area contributed by atoms with Crippen molar-refractivity contribution in [1.82, 2.24) is 14.9 Å². The SMILES string of the molecule is C[C@@H]1CNC[C@H](c2ccc3ncn(C)c3c2)O1. The summed E-state index contributed by atoms with van der Waals surface area (Å²) in [5.74, 6) is 0. The highest BCUT2D eigenvalue weighted by atomic mass is 16.5. The topological polar surface area (TPSA) is 39.1 Å². The Kier molecular flexibility index (Phi) is 2.61. The summed E-state index contributed by atoms with van der Waals surface area (Å²) in [6.45, 7) is 3.92. The van der Waals surface area contributed by atoms with Crippen LogP contribution in [0, 0.1) is 0 Å². The van der Waals surface area contributed by atoms with Crippen LogP contribution >= 0.6 is 0 Å². The number of ether oxygens (including phenoxy) is 1. The standard InChI is InChI=1S/C13H17N3O/c1-9-6-14-7-13(17-9)10-3-4-11-12(5-10)16(2)8-15-11/h3-5,8-9,13-14H,6-7H2,1-2H3/t9-,13-/m1/s1. The molecule has 4 nitrogen and oxygen atoms in total. The van der Waals surface area contributed by atoms with E-state index in [9.17, 15) is 0 Å². The van der Waals surface area contributed by atoms with Crippen LogP contribution in [0.2, 0.25) is 0 Å². The Morgan fingerprint density at radius 1 is 1.41 bits per heavy atom. The van der Waals surface area contributed by atoms with E-state index in [1.807, 2.05) is 17.9 Å². The molecule has 1 saturated heterocycles. The van der Waals surface area contributed by atoms with Crippen LogP contribution in [0.4, 0.5) is 0 Å². The summed E-state index contributed by atoms with van der Waals surface area (Å²) >= 11 is 0. The summed E-state index contributed by atoms with van der Waals surface area (Å²) in [6.07, 6.45) is 2.27. The maximum atomic E-state index is 5.95. The van der Waals surface area contributed by atoms with E-state index in [0.29, 0.717) is 0 Å². The molecular weight excluding hydrogens is 214 g/mol. The number of aromatic nitrogens is 2. The molecule has 0 unspecified atom stereocenters. The van der Waals surface area contributed by atoms with Crippen molar-refractivity contribution < 1.29 is 4.74 Å². The number of fused-ring (bicyclic) bond motifs is 1. The summed E-state index contributed by atoms with van der Waals surface area (Å²) < 4.78 is 7.99. The molecule has 1 aromatic carbocycles. The number of rotatable bonds is 1. The fourth-order valence-electron chi connectivity index (χ4n) is 2.33. The van der Waals surface area contributed by atoms with Crippen molar-refractivity contribution in [2.75, 3.05) is 13.1 Å². The minimum Gasteiger partial charge on any atom is -0.368 e. The summed E-state index contributed by atoms with van der Waals surface area (Å²) in [7, 11) is 2.02. The molecule has 2 atom stereocenters. The molecule has 1 aliphatic heterocycles. The lowest BCUT2D eigenvalue weighted by molar-refractivity contribution is -0.0286. The van der Waals surface area contributed by atoms with Gasteiger partial charge in [0.25, 0.3) is 0 Å². The molecule has 2 heterocycles. The van der Waals surface area contributed by atoms with Crippen molar-refractivity contribution in [1.29, 1.82) is 0 Å². The van der Waals surface area contributed by atoms with Crippen LogP contribution in [0.3, 0.4) is 0 Å². The molecule has 2 aromatic rings. The van der Waals surface area contributed by atoms with E-state index in [1.54, 1.807) is 0 Å². The summed E-state index contributed by atoms with van der Waals surface area (Å²) in [4.78, 5) is 4.33. The van der Waals surface area contributed by atoms with Gasteiger partial charge in [0.05, 0.1) is 29.6 Å². The van der Waals surface area contributed by atoms with Gasteiger partial charge >= 0.3 is 0 Å². The number of morpholine rings is 1. The number of aryl methyl sites for hydroxylation is 1. The molecule has 0 bridgehead atoms. The second-order valence-electron chi connectivity index (χ2n) is 4.70. The Balaban J connectivity index is 1.96. The van der Waals surface area contributed by atoms with Crippen LogP contribution in [0.15, 0.2) is 24.5 Å². The summed E-state index contributed by atoms with van der Waals surface area (Å²) in [5.41, 5.74) is 3.41. The Morgan fingerprint density at radius 2 is 2.29 bits per heavy atom. The van der Waals surface area contributed by atoms with Crippen LogP contribution in [0.1, 0.15) is 18.6 Å². The van der Waals surface area contributed by atoms with E-state index in [4.69, 9.17) is 4.74 Å². The Bertz CT molecular complexity index is 534. The third-order valence-corrected chi connectivity index (χ3v) is 3.28. The fourth-order valence-corrected chi connectivity index (χ4v) is 2.33. The van der Waals surface area contributed by atoms with Gasteiger partial charge in [-0.15, -0.1) is 0 Å². The second kappa shape index (κ2) is 4.13. The first-order valence-electron chi connectivity index (χ1n) is 6.01. The van der Waals surface area contributed by atoms with E-state index in [1.165, 1.54) is 5.56 Å². The molecule has 0 aliphatic carbocycles. The monoisotopic (exact) mass is 231 g/mol. The van der Waals surface area contributed by atoms with Crippen molar-refractivity contribution in [2.45, 2.75) is 19.1 Å². The van der Waals surface area contributed by atoms with E-state index >= 15 is 0 Å². The summed E-state index contributed by atoms with van der Waals surface area (Å²) in [5, 5.41) is 3.39. The molecule has 1 aliphatic rings. The van der Waals surface area contributed by atoms with Gasteiger partial charge in [0.2, 0.25) is 0 Å². The van der Waals surface area contributed by atoms with Crippen molar-refractivity contribution in [3.8, 4) is 0 Å². The van der Waals surface area contributed by atoms with Gasteiger partial charge in [-0.1, -0.05) is 6.07 Å². The minimum atomic E-state index is 0.151. The van der Waals surface area contributed by atoms with E-state index in [0.717, 1.165) is 24.1 Å². The highest BCUT2D eigenvalue weighted by molar-refractivity contribution is 5.76. The molecule has 0 spiro atoms. The van der Waals surface area contributed by atoms with Gasteiger partial charge in [-0.3, -0.25) is 0 Å². The van der Waals surface area contributed by atoms with Gasteiger partial charge in [-0.2, -0.15) is 0 Å². The highest BCUT2D eigenvalue weighted by Crippen LogP contribution is 2.24. The highest BCUT2D eigenvalue weighted by Gasteiger charge is 2.20. The van der Waals surface area contributed by atoms with Crippen LogP contribution in [-0.4, -0.2) is 28.7 Å². The van der Waals surface area contributed by atoms with Gasteiger partial charge < -0.3 is 14.6 Å². The van der Waals surface area contributed by atoms with E-state index < -0.39 is 0 Å². The number of nitrogens with one attached hydrogen (secondary N) is 1. The molecule has 0 radical (unpaired) electrons. The normalized spacial score (nSPS) is 25.3. The first kappa shape index (κ1) is 10.7. The third kappa shape index (κ3) is 1.94. The average molecular weight is 231 g/mol. The zero-order chi connectivity index (χ0) is 11.8. The largest absolute Gasteiger partial charge is 0.368 e. The smallest absolute Gasteiger partial charge is 0.0955 e. The molecule has 0 saturated carbocycles. The van der Waals surface area contributed by atoms with Crippen molar-refractivity contribution in [2.24, 2.45) is 7.05 Å².